The number of aryl methyl sites for hydroxylation is 1. The number of nitrogens with zero attached hydrogens (tertiary/aromatic N) is 4. The number of hydrogen-bond acceptors (Lipinski definition) is 6. The second-order valence-corrected chi connectivity index (χ2v) is 5.39. The van der Waals surface area contributed by atoms with Crippen LogP contribution in [-0.4, -0.2) is 38.7 Å². The van der Waals surface area contributed by atoms with Crippen molar-refractivity contribution >= 4 is 17.6 Å². The van der Waals surface area contributed by atoms with E-state index in [1.54, 1.807) is 31.2 Å². The molecular weight excluding hydrogens is 341 g/mol. The highest BCUT2D eigenvalue weighted by molar-refractivity contribution is 5.95. The summed E-state index contributed by atoms with van der Waals surface area (Å²) in [5.41, 5.74) is 1.71. The van der Waals surface area contributed by atoms with Gasteiger partial charge in [-0.1, -0.05) is 6.07 Å². The fraction of sp³-hybridized carbons (Fsp3) is 0.118. The van der Waals surface area contributed by atoms with Gasteiger partial charge >= 0.3 is 5.97 Å². The minimum absolute atomic E-state index is 0.274. The van der Waals surface area contributed by atoms with Crippen LogP contribution in [-0.2, 0) is 9.53 Å². The zero-order chi connectivity index (χ0) is 18.5. The Morgan fingerprint density at radius 1 is 1.19 bits per heavy atom. The Balaban J connectivity index is 1.54. The van der Waals surface area contributed by atoms with Crippen molar-refractivity contribution in [2.45, 2.75) is 6.92 Å². The molecule has 1 amide bonds. The van der Waals surface area contributed by atoms with Crippen LogP contribution >= 0.6 is 0 Å². The number of halogens is 1. The quantitative estimate of drug-likeness (QED) is 0.702. The second kappa shape index (κ2) is 7.51. The van der Waals surface area contributed by atoms with Gasteiger partial charge in [0.2, 0.25) is 0 Å². The van der Waals surface area contributed by atoms with Gasteiger partial charge < -0.3 is 10.1 Å². The van der Waals surface area contributed by atoms with Crippen molar-refractivity contribution in [3.63, 3.8) is 0 Å². The van der Waals surface area contributed by atoms with Crippen molar-refractivity contribution in [1.29, 1.82) is 0 Å². The van der Waals surface area contributed by atoms with E-state index in [1.807, 2.05) is 0 Å². The molecule has 0 aliphatic heterocycles. The van der Waals surface area contributed by atoms with Gasteiger partial charge in [-0.05, 0) is 59.3 Å². The van der Waals surface area contributed by atoms with Gasteiger partial charge in [0, 0.05) is 5.69 Å². The SMILES string of the molecule is Cc1ccc(NC(=O)COC(=O)c2ccc(-n3cnnn3)cc2)cc1F. The number of carbonyl (C=O) groups excluding carboxylic acids is 2. The third-order valence-electron chi connectivity index (χ3n) is 3.51. The van der Waals surface area contributed by atoms with Gasteiger partial charge in [0.25, 0.3) is 5.91 Å². The Hall–Kier alpha value is -3.62. The molecule has 0 atom stereocenters. The van der Waals surface area contributed by atoms with Crippen LogP contribution in [0.5, 0.6) is 0 Å². The van der Waals surface area contributed by atoms with E-state index in [-0.39, 0.29) is 5.56 Å². The minimum Gasteiger partial charge on any atom is -0.452 e. The topological polar surface area (TPSA) is 99.0 Å². The fourth-order valence-electron chi connectivity index (χ4n) is 2.11. The molecule has 1 heterocycles. The molecule has 2 aromatic carbocycles. The molecule has 9 heteroatoms. The molecular formula is C17H14FN5O3. The van der Waals surface area contributed by atoms with E-state index < -0.39 is 24.3 Å². The monoisotopic (exact) mass is 355 g/mol. The molecule has 26 heavy (non-hydrogen) atoms. The average Bonchev–Trinajstić information content (AvgIpc) is 3.18. The number of aromatic nitrogens is 4. The second-order valence-electron chi connectivity index (χ2n) is 5.39. The summed E-state index contributed by atoms with van der Waals surface area (Å²) in [6.45, 7) is 1.14. The molecule has 0 radical (unpaired) electrons. The molecule has 8 nitrogen and oxygen atoms in total. The van der Waals surface area contributed by atoms with Crippen molar-refractivity contribution in [1.82, 2.24) is 20.2 Å². The van der Waals surface area contributed by atoms with E-state index in [4.69, 9.17) is 4.74 Å². The highest BCUT2D eigenvalue weighted by atomic mass is 19.1. The number of nitrogens with one attached hydrogen (secondary N) is 1. The highest BCUT2D eigenvalue weighted by Gasteiger charge is 2.11. The van der Waals surface area contributed by atoms with Gasteiger partial charge in [0.15, 0.2) is 6.61 Å². The molecule has 0 unspecified atom stereocenters. The zero-order valence-corrected chi connectivity index (χ0v) is 13.7. The lowest BCUT2D eigenvalue weighted by Gasteiger charge is -2.08. The molecule has 132 valence electrons. The van der Waals surface area contributed by atoms with Crippen LogP contribution in [0.3, 0.4) is 0 Å². The Morgan fingerprint density at radius 2 is 1.96 bits per heavy atom. The average molecular weight is 355 g/mol. The van der Waals surface area contributed by atoms with Gasteiger partial charge in [-0.25, -0.2) is 13.9 Å². The van der Waals surface area contributed by atoms with Crippen molar-refractivity contribution < 1.29 is 18.7 Å². The van der Waals surface area contributed by atoms with Gasteiger partial charge in [0.1, 0.15) is 12.1 Å². The summed E-state index contributed by atoms with van der Waals surface area (Å²) in [5.74, 6) is -1.65. The lowest BCUT2D eigenvalue weighted by molar-refractivity contribution is -0.119. The number of ether oxygens (including phenoxy) is 1. The predicted molar refractivity (Wildman–Crippen MR) is 89.2 cm³/mol. The van der Waals surface area contributed by atoms with Gasteiger partial charge in [-0.2, -0.15) is 0 Å². The van der Waals surface area contributed by atoms with E-state index in [2.05, 4.69) is 20.8 Å². The normalized spacial score (nSPS) is 10.4. The molecule has 0 spiro atoms. The van der Waals surface area contributed by atoms with E-state index >= 15 is 0 Å². The zero-order valence-electron chi connectivity index (χ0n) is 13.7. The van der Waals surface area contributed by atoms with Crippen LogP contribution in [0.2, 0.25) is 0 Å². The highest BCUT2D eigenvalue weighted by Crippen LogP contribution is 2.13. The molecule has 0 saturated carbocycles. The number of carbonyl (C=O) groups is 2. The van der Waals surface area contributed by atoms with Crippen molar-refractivity contribution in [3.05, 3.63) is 65.7 Å². The number of tetrazole rings is 1. The first kappa shape index (κ1) is 17.2. The van der Waals surface area contributed by atoms with Crippen LogP contribution < -0.4 is 5.32 Å². The van der Waals surface area contributed by atoms with Crippen LogP contribution in [0.15, 0.2) is 48.8 Å². The van der Waals surface area contributed by atoms with Gasteiger partial charge in [-0.3, -0.25) is 4.79 Å². The van der Waals surface area contributed by atoms with Crippen LogP contribution in [0.4, 0.5) is 10.1 Å². The third kappa shape index (κ3) is 4.07. The van der Waals surface area contributed by atoms with Gasteiger partial charge in [0.05, 0.1) is 11.3 Å². The van der Waals surface area contributed by atoms with Crippen molar-refractivity contribution in [2.24, 2.45) is 0 Å². The summed E-state index contributed by atoms with van der Waals surface area (Å²) in [4.78, 5) is 23.8. The maximum absolute atomic E-state index is 13.4. The first-order chi connectivity index (χ1) is 12.5. The van der Waals surface area contributed by atoms with Crippen molar-refractivity contribution in [2.75, 3.05) is 11.9 Å². The predicted octanol–water partition coefficient (Wildman–Crippen LogP) is 1.91. The molecule has 0 aliphatic carbocycles. The summed E-state index contributed by atoms with van der Waals surface area (Å²) in [6.07, 6.45) is 1.42. The summed E-state index contributed by atoms with van der Waals surface area (Å²) in [6, 6.07) is 10.7. The summed E-state index contributed by atoms with van der Waals surface area (Å²) >= 11 is 0. The largest absolute Gasteiger partial charge is 0.452 e. The third-order valence-corrected chi connectivity index (χ3v) is 3.51. The van der Waals surface area contributed by atoms with E-state index in [9.17, 15) is 14.0 Å². The summed E-state index contributed by atoms with van der Waals surface area (Å²) in [5, 5.41) is 13.2. The molecule has 3 aromatic rings. The number of anilines is 1. The number of hydrogen-bond donors (Lipinski definition) is 1. The Bertz CT molecular complexity index is 926. The summed E-state index contributed by atoms with van der Waals surface area (Å²) < 4.78 is 19.8. The Morgan fingerprint density at radius 3 is 2.62 bits per heavy atom. The summed E-state index contributed by atoms with van der Waals surface area (Å²) in [7, 11) is 0. The van der Waals surface area contributed by atoms with Crippen LogP contribution in [0.1, 0.15) is 15.9 Å². The molecule has 1 N–H and O–H groups in total. The standard InChI is InChI=1S/C17H14FN5O3/c1-11-2-5-13(8-15(11)18)20-16(24)9-26-17(25)12-3-6-14(7-4-12)23-10-19-21-22-23/h2-8,10H,9H2,1H3,(H,20,24). The first-order valence-electron chi connectivity index (χ1n) is 7.59. The number of benzene rings is 2. The fourth-order valence-corrected chi connectivity index (χ4v) is 2.11. The maximum Gasteiger partial charge on any atom is 0.338 e. The smallest absolute Gasteiger partial charge is 0.338 e. The van der Waals surface area contributed by atoms with Gasteiger partial charge in [-0.15, -0.1) is 5.10 Å². The lowest BCUT2D eigenvalue weighted by atomic mass is 10.2. The Labute approximate surface area is 147 Å². The van der Waals surface area contributed by atoms with Crippen molar-refractivity contribution in [3.8, 4) is 5.69 Å². The first-order valence-corrected chi connectivity index (χ1v) is 7.59. The minimum atomic E-state index is -0.654. The lowest BCUT2D eigenvalue weighted by Crippen LogP contribution is -2.21. The number of esters is 1. The number of amides is 1. The molecule has 0 fully saturated rings. The van der Waals surface area contributed by atoms with E-state index in [0.717, 1.165) is 0 Å². The van der Waals surface area contributed by atoms with E-state index in [1.165, 1.54) is 29.2 Å². The molecule has 0 saturated heterocycles. The maximum atomic E-state index is 13.4. The molecule has 0 bridgehead atoms. The Kier molecular flexibility index (Phi) is 4.97. The number of rotatable bonds is 5. The van der Waals surface area contributed by atoms with Crippen LogP contribution in [0, 0.1) is 12.7 Å². The van der Waals surface area contributed by atoms with E-state index in [0.29, 0.717) is 16.9 Å². The molecule has 1 aromatic heterocycles. The molecule has 0 aliphatic rings. The van der Waals surface area contributed by atoms with Crippen LogP contribution in [0.25, 0.3) is 5.69 Å². The molecule has 3 rings (SSSR count).